The van der Waals surface area contributed by atoms with Crippen LogP contribution in [0.1, 0.15) is 23.9 Å². The second-order valence-electron chi connectivity index (χ2n) is 5.21. The maximum atomic E-state index is 12.1. The summed E-state index contributed by atoms with van der Waals surface area (Å²) >= 11 is 0. The van der Waals surface area contributed by atoms with E-state index in [1.165, 1.54) is 7.11 Å². The number of hydrogen-bond acceptors (Lipinski definition) is 8. The molecule has 26 heavy (non-hydrogen) atoms. The Morgan fingerprint density at radius 2 is 1.92 bits per heavy atom. The molecule has 1 aromatic carbocycles. The molecule has 0 bridgehead atoms. The summed E-state index contributed by atoms with van der Waals surface area (Å²) in [6.45, 7) is 0. The van der Waals surface area contributed by atoms with E-state index in [0.29, 0.717) is 12.2 Å². The summed E-state index contributed by atoms with van der Waals surface area (Å²) in [5, 5.41) is 15.3. The summed E-state index contributed by atoms with van der Waals surface area (Å²) in [7, 11) is 2.35. The Morgan fingerprint density at radius 1 is 1.23 bits per heavy atom. The Balaban J connectivity index is 2.22. The summed E-state index contributed by atoms with van der Waals surface area (Å²) in [5.41, 5.74) is 9.59. The molecule has 2 rings (SSSR count). The molecule has 1 aromatic heterocycles. The van der Waals surface area contributed by atoms with E-state index in [9.17, 15) is 9.59 Å². The molecule has 0 saturated heterocycles. The van der Waals surface area contributed by atoms with Crippen molar-refractivity contribution in [2.75, 3.05) is 14.2 Å². The third-order valence-corrected chi connectivity index (χ3v) is 3.54. The minimum absolute atomic E-state index is 0.218. The quantitative estimate of drug-likeness (QED) is 0.298. The number of esters is 2. The Morgan fingerprint density at radius 3 is 2.54 bits per heavy atom. The SMILES string of the molecule is COC(=O)C(CC(C(=O)OC)n1nnc(Cc2ccccc2)n1)N=[N+]=[N-]. The van der Waals surface area contributed by atoms with E-state index in [-0.39, 0.29) is 6.42 Å². The van der Waals surface area contributed by atoms with Crippen molar-refractivity contribution in [1.29, 1.82) is 0 Å². The van der Waals surface area contributed by atoms with Gasteiger partial charge in [-0.25, -0.2) is 4.79 Å². The molecule has 0 saturated carbocycles. The number of aromatic nitrogens is 4. The maximum absolute atomic E-state index is 12.1. The molecule has 11 heteroatoms. The standard InChI is InChI=1S/C15H17N7O4/c1-25-14(23)11(17-20-16)9-12(15(24)26-2)22-19-13(18-21-22)8-10-6-4-3-5-7-10/h3-7,11-12H,8-9H2,1-2H3. The Hall–Kier alpha value is -3.46. The molecule has 11 nitrogen and oxygen atoms in total. The van der Waals surface area contributed by atoms with Crippen LogP contribution in [0.25, 0.3) is 10.4 Å². The van der Waals surface area contributed by atoms with Crippen LogP contribution in [-0.2, 0) is 25.5 Å². The van der Waals surface area contributed by atoms with Gasteiger partial charge in [-0.1, -0.05) is 35.4 Å². The molecule has 0 aliphatic heterocycles. The minimum atomic E-state index is -1.22. The average Bonchev–Trinajstić information content (AvgIpc) is 3.12. The summed E-state index contributed by atoms with van der Waals surface area (Å²) < 4.78 is 9.31. The Labute approximate surface area is 148 Å². The summed E-state index contributed by atoms with van der Waals surface area (Å²) in [6.07, 6.45) is 0.204. The zero-order valence-electron chi connectivity index (χ0n) is 14.2. The van der Waals surface area contributed by atoms with Crippen molar-refractivity contribution in [3.8, 4) is 0 Å². The molecule has 2 unspecified atom stereocenters. The molecule has 136 valence electrons. The zero-order chi connectivity index (χ0) is 18.9. The zero-order valence-corrected chi connectivity index (χ0v) is 14.2. The van der Waals surface area contributed by atoms with Gasteiger partial charge in [0.25, 0.3) is 0 Å². The van der Waals surface area contributed by atoms with Crippen molar-refractivity contribution in [2.45, 2.75) is 24.9 Å². The molecule has 0 aliphatic carbocycles. The van der Waals surface area contributed by atoms with Gasteiger partial charge in [0.1, 0.15) is 6.04 Å². The third kappa shape index (κ3) is 4.77. The highest BCUT2D eigenvalue weighted by Gasteiger charge is 2.31. The van der Waals surface area contributed by atoms with E-state index in [0.717, 1.165) is 17.5 Å². The van der Waals surface area contributed by atoms with E-state index in [2.05, 4.69) is 30.2 Å². The molecule has 0 radical (unpaired) electrons. The third-order valence-electron chi connectivity index (χ3n) is 3.54. The first-order chi connectivity index (χ1) is 12.6. The fraction of sp³-hybridized carbons (Fsp3) is 0.400. The molecular weight excluding hydrogens is 342 g/mol. The van der Waals surface area contributed by atoms with Crippen LogP contribution in [0.15, 0.2) is 35.4 Å². The van der Waals surface area contributed by atoms with Crippen molar-refractivity contribution in [1.82, 2.24) is 20.2 Å². The lowest BCUT2D eigenvalue weighted by Crippen LogP contribution is -2.30. The highest BCUT2D eigenvalue weighted by Crippen LogP contribution is 2.17. The van der Waals surface area contributed by atoms with Gasteiger partial charge in [-0.05, 0) is 16.3 Å². The van der Waals surface area contributed by atoms with Crippen LogP contribution in [0.2, 0.25) is 0 Å². The smallest absolute Gasteiger partial charge is 0.332 e. The number of hydrogen-bond donors (Lipinski definition) is 0. The summed E-state index contributed by atoms with van der Waals surface area (Å²) in [6, 6.07) is 7.17. The van der Waals surface area contributed by atoms with Gasteiger partial charge in [0.15, 0.2) is 11.9 Å². The molecule has 0 aliphatic rings. The minimum Gasteiger partial charge on any atom is -0.469 e. The predicted molar refractivity (Wildman–Crippen MR) is 87.7 cm³/mol. The number of ether oxygens (including phenoxy) is 2. The number of methoxy groups -OCH3 is 2. The largest absolute Gasteiger partial charge is 0.469 e. The Kier molecular flexibility index (Phi) is 6.63. The van der Waals surface area contributed by atoms with Crippen LogP contribution >= 0.6 is 0 Å². The molecule has 1 heterocycles. The lowest BCUT2D eigenvalue weighted by atomic mass is 10.1. The first kappa shape index (κ1) is 18.9. The number of rotatable bonds is 8. The van der Waals surface area contributed by atoms with Crippen LogP contribution in [-0.4, -0.2) is 52.4 Å². The van der Waals surface area contributed by atoms with Gasteiger partial charge in [0.05, 0.1) is 14.2 Å². The van der Waals surface area contributed by atoms with Crippen molar-refractivity contribution in [3.63, 3.8) is 0 Å². The number of carbonyl (C=O) groups excluding carboxylic acids is 2. The van der Waals surface area contributed by atoms with E-state index in [1.807, 2.05) is 30.3 Å². The summed E-state index contributed by atoms with van der Waals surface area (Å²) in [4.78, 5) is 27.5. The van der Waals surface area contributed by atoms with Gasteiger partial charge in [-0.3, -0.25) is 4.79 Å². The number of tetrazole rings is 1. The number of benzene rings is 1. The molecule has 0 spiro atoms. The molecular formula is C15H17N7O4. The van der Waals surface area contributed by atoms with Crippen LogP contribution < -0.4 is 0 Å². The van der Waals surface area contributed by atoms with E-state index in [1.54, 1.807) is 0 Å². The maximum Gasteiger partial charge on any atom is 0.332 e. The van der Waals surface area contributed by atoms with Crippen LogP contribution in [0.5, 0.6) is 0 Å². The van der Waals surface area contributed by atoms with Crippen LogP contribution in [0.3, 0.4) is 0 Å². The molecule has 2 aromatic rings. The van der Waals surface area contributed by atoms with Crippen molar-refractivity contribution in [3.05, 3.63) is 52.2 Å². The molecule has 2 atom stereocenters. The fourth-order valence-electron chi connectivity index (χ4n) is 2.26. The van der Waals surface area contributed by atoms with Gasteiger partial charge in [-0.2, -0.15) is 0 Å². The van der Waals surface area contributed by atoms with E-state index < -0.39 is 24.0 Å². The number of azide groups is 1. The van der Waals surface area contributed by atoms with E-state index in [4.69, 9.17) is 10.3 Å². The molecule has 0 fully saturated rings. The topological polar surface area (TPSA) is 145 Å². The fourth-order valence-corrected chi connectivity index (χ4v) is 2.26. The first-order valence-electron chi connectivity index (χ1n) is 7.61. The normalized spacial score (nSPS) is 12.5. The van der Waals surface area contributed by atoms with Gasteiger partial charge in [0.2, 0.25) is 0 Å². The molecule has 0 N–H and O–H groups in total. The van der Waals surface area contributed by atoms with Gasteiger partial charge in [-0.15, -0.1) is 15.0 Å². The lowest BCUT2D eigenvalue weighted by Gasteiger charge is -2.16. The average molecular weight is 359 g/mol. The highest BCUT2D eigenvalue weighted by atomic mass is 16.5. The van der Waals surface area contributed by atoms with Crippen LogP contribution in [0.4, 0.5) is 0 Å². The first-order valence-corrected chi connectivity index (χ1v) is 7.61. The predicted octanol–water partition coefficient (Wildman–Crippen LogP) is 1.22. The monoisotopic (exact) mass is 359 g/mol. The Bertz CT molecular complexity index is 801. The number of carbonyl (C=O) groups is 2. The molecule has 0 amide bonds. The van der Waals surface area contributed by atoms with Gasteiger partial charge in [0, 0.05) is 17.8 Å². The van der Waals surface area contributed by atoms with Crippen molar-refractivity contribution in [2.24, 2.45) is 5.11 Å². The second-order valence-corrected chi connectivity index (χ2v) is 5.21. The van der Waals surface area contributed by atoms with Gasteiger partial charge >= 0.3 is 11.9 Å². The van der Waals surface area contributed by atoms with Gasteiger partial charge < -0.3 is 9.47 Å². The highest BCUT2D eigenvalue weighted by molar-refractivity contribution is 5.79. The van der Waals surface area contributed by atoms with Crippen molar-refractivity contribution < 1.29 is 19.1 Å². The van der Waals surface area contributed by atoms with E-state index >= 15 is 0 Å². The number of nitrogens with zero attached hydrogens (tertiary/aromatic N) is 7. The lowest BCUT2D eigenvalue weighted by molar-refractivity contribution is -0.147. The summed E-state index contributed by atoms with van der Waals surface area (Å²) in [5.74, 6) is -1.08. The van der Waals surface area contributed by atoms with Crippen LogP contribution in [0, 0.1) is 0 Å². The van der Waals surface area contributed by atoms with Crippen molar-refractivity contribution >= 4 is 11.9 Å². The second kappa shape index (κ2) is 9.14.